The molecule has 0 bridgehead atoms. The fourth-order valence-electron chi connectivity index (χ4n) is 4.37. The van der Waals surface area contributed by atoms with E-state index < -0.39 is 11.1 Å². The maximum absolute atomic E-state index is 14.5. The van der Waals surface area contributed by atoms with Crippen molar-refractivity contribution in [3.8, 4) is 17.0 Å². The van der Waals surface area contributed by atoms with E-state index in [-0.39, 0.29) is 17.8 Å². The molecule has 0 amide bonds. The highest BCUT2D eigenvalue weighted by Crippen LogP contribution is 2.35. The van der Waals surface area contributed by atoms with Crippen LogP contribution in [0.5, 0.6) is 5.88 Å². The zero-order chi connectivity index (χ0) is 23.2. The zero-order valence-corrected chi connectivity index (χ0v) is 18.1. The van der Waals surface area contributed by atoms with Crippen LogP contribution in [0, 0.1) is 5.82 Å². The predicted octanol–water partition coefficient (Wildman–Crippen LogP) is 2.28. The summed E-state index contributed by atoms with van der Waals surface area (Å²) in [6, 6.07) is 1.59. The summed E-state index contributed by atoms with van der Waals surface area (Å²) in [6.07, 6.45) is 9.91. The van der Waals surface area contributed by atoms with Crippen LogP contribution in [0.3, 0.4) is 0 Å². The van der Waals surface area contributed by atoms with Crippen LogP contribution in [0.25, 0.3) is 27.8 Å². The number of rotatable bonds is 6. The van der Waals surface area contributed by atoms with Crippen molar-refractivity contribution in [3.63, 3.8) is 0 Å². The van der Waals surface area contributed by atoms with Crippen molar-refractivity contribution in [1.29, 1.82) is 0 Å². The number of halogens is 1. The van der Waals surface area contributed by atoms with Gasteiger partial charge >= 0.3 is 0 Å². The van der Waals surface area contributed by atoms with Crippen LogP contribution in [-0.2, 0) is 4.74 Å². The van der Waals surface area contributed by atoms with Crippen LogP contribution < -0.4 is 10.1 Å². The van der Waals surface area contributed by atoms with Gasteiger partial charge in [0.2, 0.25) is 11.8 Å². The van der Waals surface area contributed by atoms with E-state index in [1.165, 1.54) is 6.07 Å². The minimum Gasteiger partial charge on any atom is -0.480 e. The lowest BCUT2D eigenvalue weighted by Crippen LogP contribution is -2.41. The van der Waals surface area contributed by atoms with Gasteiger partial charge in [-0.2, -0.15) is 9.97 Å². The second kappa shape index (κ2) is 8.41. The van der Waals surface area contributed by atoms with Gasteiger partial charge in [0, 0.05) is 42.0 Å². The summed E-state index contributed by atoms with van der Waals surface area (Å²) in [5, 5.41) is 2.41. The normalized spacial score (nSPS) is 19.2. The number of pyridine rings is 1. The number of ether oxygens (including phenoxy) is 2. The summed E-state index contributed by atoms with van der Waals surface area (Å²) in [5.74, 6) is 0.418. The highest BCUT2D eigenvalue weighted by molar-refractivity contribution is 6.58. The van der Waals surface area contributed by atoms with Crippen molar-refractivity contribution in [2.75, 3.05) is 12.4 Å². The molecule has 162 valence electrons. The molecule has 12 heteroatoms. The predicted molar refractivity (Wildman–Crippen MR) is 125 cm³/mol. The van der Waals surface area contributed by atoms with Gasteiger partial charge < -0.3 is 24.2 Å². The van der Waals surface area contributed by atoms with Gasteiger partial charge in [-0.25, -0.2) is 9.37 Å². The lowest BCUT2D eigenvalue weighted by molar-refractivity contribution is 0.0202. The number of hydrogen-bond acceptors (Lipinski definition) is 6. The third-order valence-corrected chi connectivity index (χ3v) is 5.82. The molecular weight excluding hydrogens is 420 g/mol. The fraction of sp³-hybridized carbons (Fsp3) is 0.381. The molecule has 4 aromatic heterocycles. The molecule has 0 spiro atoms. The van der Waals surface area contributed by atoms with Crippen LogP contribution in [0.15, 0.2) is 30.9 Å². The second-order valence-corrected chi connectivity index (χ2v) is 8.31. The number of hydrogen-bond donors (Lipinski definition) is 2. The summed E-state index contributed by atoms with van der Waals surface area (Å²) >= 11 is 0. The van der Waals surface area contributed by atoms with Crippen molar-refractivity contribution < 1.29 is 13.9 Å². The molecule has 1 fully saturated rings. The SMILES string of the molecule is [B]C([B])([B])OC1CCC(Nc2nc(OC)c3c(-c4cc(F)c5nccn5c4)c[nH]c3n2)CC1. The lowest BCUT2D eigenvalue weighted by Gasteiger charge is -2.34. The van der Waals surface area contributed by atoms with Gasteiger partial charge in [-0.15, -0.1) is 0 Å². The molecule has 0 aromatic carbocycles. The van der Waals surface area contributed by atoms with E-state index in [0.717, 1.165) is 31.2 Å². The first-order chi connectivity index (χ1) is 15.8. The van der Waals surface area contributed by atoms with Crippen molar-refractivity contribution in [2.45, 2.75) is 43.1 Å². The maximum atomic E-state index is 14.5. The molecule has 8 nitrogen and oxygen atoms in total. The second-order valence-electron chi connectivity index (χ2n) is 8.31. The van der Waals surface area contributed by atoms with E-state index in [0.29, 0.717) is 28.4 Å². The van der Waals surface area contributed by atoms with E-state index in [1.807, 2.05) is 0 Å². The van der Waals surface area contributed by atoms with Gasteiger partial charge in [-0.3, -0.25) is 0 Å². The van der Waals surface area contributed by atoms with Crippen LogP contribution in [-0.4, -0.2) is 72.4 Å². The van der Waals surface area contributed by atoms with Crippen LogP contribution in [0.1, 0.15) is 25.7 Å². The summed E-state index contributed by atoms with van der Waals surface area (Å²) in [7, 11) is 18.2. The molecule has 0 saturated heterocycles. The van der Waals surface area contributed by atoms with Crippen molar-refractivity contribution >= 4 is 46.2 Å². The van der Waals surface area contributed by atoms with Gasteiger partial charge in [-0.1, -0.05) is 0 Å². The number of imidazole rings is 1. The van der Waals surface area contributed by atoms with Crippen LogP contribution in [0.4, 0.5) is 10.3 Å². The molecule has 6 radical (unpaired) electrons. The molecule has 1 aliphatic carbocycles. The third kappa shape index (κ3) is 4.44. The lowest BCUT2D eigenvalue weighted by atomic mass is 9.52. The van der Waals surface area contributed by atoms with Gasteiger partial charge in [0.25, 0.3) is 0 Å². The summed E-state index contributed by atoms with van der Waals surface area (Å²) in [5.41, 5.74) is 2.24. The average molecular weight is 440 g/mol. The Kier molecular flexibility index (Phi) is 5.56. The van der Waals surface area contributed by atoms with Crippen LogP contribution in [0.2, 0.25) is 0 Å². The van der Waals surface area contributed by atoms with E-state index in [9.17, 15) is 4.39 Å². The number of nitrogens with zero attached hydrogens (tertiary/aromatic N) is 4. The number of nitrogens with one attached hydrogen (secondary N) is 2. The third-order valence-electron chi connectivity index (χ3n) is 5.82. The number of aromatic amines is 1. The Hall–Kier alpha value is -3.01. The molecule has 0 aliphatic heterocycles. The monoisotopic (exact) mass is 440 g/mol. The quantitative estimate of drug-likeness (QED) is 0.448. The van der Waals surface area contributed by atoms with Crippen molar-refractivity contribution in [1.82, 2.24) is 24.3 Å². The smallest absolute Gasteiger partial charge is 0.228 e. The molecule has 5 rings (SSSR count). The first kappa shape index (κ1) is 21.8. The van der Waals surface area contributed by atoms with Crippen molar-refractivity contribution in [3.05, 3.63) is 36.7 Å². The molecule has 4 heterocycles. The minimum atomic E-state index is -1.62. The standard InChI is InChI=1S/C21H20B3FN6O2/c1-32-19-16-14(11-8-15(25)18-26-6-7-31(18)10-11)9-27-17(16)29-20(30-19)28-12-2-4-13(5-3-12)33-21(22,23)24/h6-10,12-13H,2-5H2,1H3,(H2,27,28,29,30). The Morgan fingerprint density at radius 3 is 2.73 bits per heavy atom. The highest BCUT2D eigenvalue weighted by Gasteiger charge is 2.26. The van der Waals surface area contributed by atoms with Gasteiger partial charge in [0.1, 0.15) is 5.65 Å². The molecule has 0 unspecified atom stereocenters. The van der Waals surface area contributed by atoms with Gasteiger partial charge in [0.15, 0.2) is 11.5 Å². The van der Waals surface area contributed by atoms with Gasteiger partial charge in [-0.05, 0) is 37.0 Å². The van der Waals surface area contributed by atoms with E-state index >= 15 is 0 Å². The molecule has 2 N–H and O–H groups in total. The Labute approximate surface area is 193 Å². The van der Waals surface area contributed by atoms with E-state index in [4.69, 9.17) is 33.0 Å². The number of fused-ring (bicyclic) bond motifs is 2. The molecule has 1 aliphatic rings. The number of anilines is 1. The molecule has 0 atom stereocenters. The Morgan fingerprint density at radius 2 is 2.00 bits per heavy atom. The first-order valence-electron chi connectivity index (χ1n) is 10.7. The Balaban J connectivity index is 1.39. The van der Waals surface area contributed by atoms with Gasteiger partial charge in [0.05, 0.1) is 42.1 Å². The summed E-state index contributed by atoms with van der Waals surface area (Å²) < 4.78 is 27.2. The van der Waals surface area contributed by atoms with Crippen molar-refractivity contribution in [2.24, 2.45) is 0 Å². The number of methoxy groups -OCH3 is 1. The molecule has 4 aromatic rings. The van der Waals surface area contributed by atoms with E-state index in [1.54, 1.807) is 36.3 Å². The highest BCUT2D eigenvalue weighted by atomic mass is 19.1. The van der Waals surface area contributed by atoms with Crippen LogP contribution >= 0.6 is 0 Å². The fourth-order valence-corrected chi connectivity index (χ4v) is 4.37. The largest absolute Gasteiger partial charge is 0.480 e. The molecular formula is C21H20B3FN6O2. The summed E-state index contributed by atoms with van der Waals surface area (Å²) in [4.78, 5) is 16.3. The molecule has 1 saturated carbocycles. The zero-order valence-electron chi connectivity index (χ0n) is 18.1. The first-order valence-corrected chi connectivity index (χ1v) is 10.7. The summed E-state index contributed by atoms with van der Waals surface area (Å²) in [6.45, 7) is 0. The minimum absolute atomic E-state index is 0.0832. The topological polar surface area (TPSA) is 89.4 Å². The van der Waals surface area contributed by atoms with E-state index in [2.05, 4.69) is 25.3 Å². The Bertz CT molecular complexity index is 1300. The number of aromatic nitrogens is 5. The Morgan fingerprint density at radius 1 is 1.21 bits per heavy atom. The molecule has 33 heavy (non-hydrogen) atoms. The number of H-pyrrole nitrogens is 1. The maximum Gasteiger partial charge on any atom is 0.228 e. The average Bonchev–Trinajstić information content (AvgIpc) is 3.41.